The van der Waals surface area contributed by atoms with E-state index in [-0.39, 0.29) is 11.6 Å². The van der Waals surface area contributed by atoms with Crippen LogP contribution < -0.4 is 10.0 Å². The summed E-state index contributed by atoms with van der Waals surface area (Å²) >= 11 is 0. The summed E-state index contributed by atoms with van der Waals surface area (Å²) in [7, 11) is -2.28. The predicted octanol–water partition coefficient (Wildman–Crippen LogP) is 5.18. The van der Waals surface area contributed by atoms with E-state index in [4.69, 9.17) is 0 Å². The lowest BCUT2D eigenvalue weighted by Crippen LogP contribution is -2.31. The maximum atomic E-state index is 14.4. The third-order valence-corrected chi connectivity index (χ3v) is 9.35. The van der Waals surface area contributed by atoms with Gasteiger partial charge in [-0.05, 0) is 78.9 Å². The van der Waals surface area contributed by atoms with Gasteiger partial charge in [0.1, 0.15) is 16.5 Å². The van der Waals surface area contributed by atoms with Crippen molar-refractivity contribution in [3.8, 4) is 11.1 Å². The van der Waals surface area contributed by atoms with Crippen LogP contribution in [0.3, 0.4) is 0 Å². The molecule has 3 aromatic carbocycles. The molecule has 9 heteroatoms. The fraction of sp³-hybridized carbons (Fsp3) is 0.321. The van der Waals surface area contributed by atoms with Gasteiger partial charge in [-0.2, -0.15) is 0 Å². The molecule has 0 saturated heterocycles. The lowest BCUT2D eigenvalue weighted by Gasteiger charge is -2.26. The molecular weight excluding hydrogens is 496 g/mol. The van der Waals surface area contributed by atoms with Crippen LogP contribution in [0.5, 0.6) is 0 Å². The van der Waals surface area contributed by atoms with Crippen molar-refractivity contribution in [1.29, 1.82) is 0 Å². The van der Waals surface area contributed by atoms with E-state index in [9.17, 15) is 22.0 Å². The minimum Gasteiger partial charge on any atom is -0.324 e. The van der Waals surface area contributed by atoms with Crippen LogP contribution in [0.2, 0.25) is 0 Å². The molecule has 0 unspecified atom stereocenters. The average molecular weight is 524 g/mol. The first-order chi connectivity index (χ1) is 17.7. The second-order valence-corrected chi connectivity index (χ2v) is 12.0. The zero-order chi connectivity index (χ0) is 25.9. The van der Waals surface area contributed by atoms with Gasteiger partial charge >= 0.3 is 0 Å². The van der Waals surface area contributed by atoms with Crippen molar-refractivity contribution in [3.05, 3.63) is 76.9 Å². The summed E-state index contributed by atoms with van der Waals surface area (Å²) in [5.41, 5.74) is 5.04. The molecule has 1 aliphatic carbocycles. The molecule has 6 nitrogen and oxygen atoms in total. The number of nitrogens with one attached hydrogen (secondary N) is 2. The number of sulfonamides is 1. The standard InChI is InChI=1S/C28H27F2N3O3S/c1-33-11-8-17-4-5-18(12-19(17)16-33)22-14-21(32-37(35,36)25-7-6-20(29)13-24(25)30)15-23-26(22)31-27(34)28(23)9-2-3-10-28/h4-7,12-15,32H,2-3,8-11,16H2,1H3,(H,31,34). The monoisotopic (exact) mass is 523 g/mol. The number of hydrogen-bond donors (Lipinski definition) is 2. The summed E-state index contributed by atoms with van der Waals surface area (Å²) in [6.07, 6.45) is 4.13. The molecule has 6 rings (SSSR count). The number of rotatable bonds is 4. The van der Waals surface area contributed by atoms with Gasteiger partial charge in [0.2, 0.25) is 5.91 Å². The van der Waals surface area contributed by atoms with E-state index in [1.807, 2.05) is 6.07 Å². The molecule has 1 saturated carbocycles. The first-order valence-electron chi connectivity index (χ1n) is 12.4. The second kappa shape index (κ2) is 8.63. The third kappa shape index (κ3) is 4.01. The quantitative estimate of drug-likeness (QED) is 0.494. The molecule has 3 aliphatic rings. The molecule has 0 radical (unpaired) electrons. The minimum absolute atomic E-state index is 0.0662. The SMILES string of the molecule is CN1CCc2ccc(-c3cc(NS(=O)(=O)c4ccc(F)cc4F)cc4c3NC(=O)C43CCCC3)cc2C1. The molecule has 3 aromatic rings. The molecule has 0 bridgehead atoms. The zero-order valence-electron chi connectivity index (χ0n) is 20.4. The summed E-state index contributed by atoms with van der Waals surface area (Å²) in [5, 5.41) is 3.09. The highest BCUT2D eigenvalue weighted by atomic mass is 32.2. The highest BCUT2D eigenvalue weighted by molar-refractivity contribution is 7.92. The summed E-state index contributed by atoms with van der Waals surface area (Å²) in [6.45, 7) is 1.79. The van der Waals surface area contributed by atoms with E-state index in [1.54, 1.807) is 12.1 Å². The van der Waals surface area contributed by atoms with E-state index in [0.717, 1.165) is 55.6 Å². The topological polar surface area (TPSA) is 78.5 Å². The highest BCUT2D eigenvalue weighted by Crippen LogP contribution is 2.52. The van der Waals surface area contributed by atoms with Crippen LogP contribution in [-0.4, -0.2) is 32.8 Å². The Balaban J connectivity index is 1.49. The van der Waals surface area contributed by atoms with Crippen molar-refractivity contribution in [3.63, 3.8) is 0 Å². The summed E-state index contributed by atoms with van der Waals surface area (Å²) in [4.78, 5) is 14.9. The number of nitrogens with zero attached hydrogens (tertiary/aromatic N) is 1. The number of benzene rings is 3. The minimum atomic E-state index is -4.35. The van der Waals surface area contributed by atoms with Crippen molar-refractivity contribution < 1.29 is 22.0 Å². The fourth-order valence-electron chi connectivity index (χ4n) is 6.04. The van der Waals surface area contributed by atoms with Crippen LogP contribution in [0, 0.1) is 11.6 Å². The van der Waals surface area contributed by atoms with Gasteiger partial charge in [-0.3, -0.25) is 9.52 Å². The largest absolute Gasteiger partial charge is 0.324 e. The molecule has 2 heterocycles. The lowest BCUT2D eigenvalue weighted by molar-refractivity contribution is -0.120. The normalized spacial score (nSPS) is 18.5. The maximum Gasteiger partial charge on any atom is 0.264 e. The van der Waals surface area contributed by atoms with E-state index in [0.29, 0.717) is 30.2 Å². The first-order valence-corrected chi connectivity index (χ1v) is 13.9. The molecule has 37 heavy (non-hydrogen) atoms. The number of anilines is 2. The first kappa shape index (κ1) is 24.1. The van der Waals surface area contributed by atoms with Crippen molar-refractivity contribution in [1.82, 2.24) is 4.90 Å². The Morgan fingerprint density at radius 2 is 1.78 bits per heavy atom. The average Bonchev–Trinajstić information content (AvgIpc) is 3.44. The predicted molar refractivity (Wildman–Crippen MR) is 138 cm³/mol. The molecular formula is C28H27F2N3O3S. The number of amides is 1. The Bertz CT molecular complexity index is 1550. The van der Waals surface area contributed by atoms with E-state index < -0.39 is 32.0 Å². The van der Waals surface area contributed by atoms with Gasteiger partial charge in [0.05, 0.1) is 11.1 Å². The van der Waals surface area contributed by atoms with Gasteiger partial charge in [0, 0.05) is 30.4 Å². The second-order valence-electron chi connectivity index (χ2n) is 10.3. The van der Waals surface area contributed by atoms with Gasteiger partial charge in [-0.25, -0.2) is 17.2 Å². The number of hydrogen-bond acceptors (Lipinski definition) is 4. The molecule has 192 valence electrons. The Kier molecular flexibility index (Phi) is 5.61. The molecule has 1 fully saturated rings. The Labute approximate surface area is 214 Å². The molecule has 1 spiro atoms. The van der Waals surface area contributed by atoms with Crippen LogP contribution >= 0.6 is 0 Å². The van der Waals surface area contributed by atoms with Crippen LogP contribution in [0.15, 0.2) is 53.4 Å². The molecule has 0 atom stereocenters. The fourth-order valence-corrected chi connectivity index (χ4v) is 7.14. The van der Waals surface area contributed by atoms with Crippen molar-refractivity contribution >= 4 is 27.3 Å². The Hall–Kier alpha value is -3.30. The van der Waals surface area contributed by atoms with Crippen LogP contribution in [0.25, 0.3) is 11.1 Å². The van der Waals surface area contributed by atoms with E-state index in [1.165, 1.54) is 11.1 Å². The molecule has 0 aromatic heterocycles. The third-order valence-electron chi connectivity index (χ3n) is 7.94. The Morgan fingerprint density at radius 3 is 2.54 bits per heavy atom. The van der Waals surface area contributed by atoms with Crippen LogP contribution in [0.4, 0.5) is 20.2 Å². The smallest absolute Gasteiger partial charge is 0.264 e. The lowest BCUT2D eigenvalue weighted by atomic mass is 9.79. The molecule has 2 aliphatic heterocycles. The van der Waals surface area contributed by atoms with Gasteiger partial charge in [0.15, 0.2) is 0 Å². The van der Waals surface area contributed by atoms with Gasteiger partial charge < -0.3 is 10.2 Å². The van der Waals surface area contributed by atoms with Crippen LogP contribution in [0.1, 0.15) is 42.4 Å². The number of likely N-dealkylation sites (N-methyl/N-ethyl adjacent to an activating group) is 1. The number of halogens is 2. The van der Waals surface area contributed by atoms with Gasteiger partial charge in [-0.15, -0.1) is 0 Å². The summed E-state index contributed by atoms with van der Waals surface area (Å²) in [5.74, 6) is -2.09. The number of fused-ring (bicyclic) bond motifs is 3. The Morgan fingerprint density at radius 1 is 1.00 bits per heavy atom. The van der Waals surface area contributed by atoms with Crippen molar-refractivity contribution in [2.45, 2.75) is 49.0 Å². The van der Waals surface area contributed by atoms with E-state index >= 15 is 0 Å². The summed E-state index contributed by atoms with van der Waals surface area (Å²) < 4.78 is 56.5. The molecule has 2 N–H and O–H groups in total. The van der Waals surface area contributed by atoms with E-state index in [2.05, 4.69) is 34.1 Å². The highest BCUT2D eigenvalue weighted by Gasteiger charge is 2.49. The number of carbonyl (C=O) groups excluding carboxylic acids is 1. The molecule has 1 amide bonds. The van der Waals surface area contributed by atoms with Crippen molar-refractivity contribution in [2.75, 3.05) is 23.6 Å². The summed E-state index contributed by atoms with van der Waals surface area (Å²) in [6, 6.07) is 11.9. The van der Waals surface area contributed by atoms with Gasteiger partial charge in [0.25, 0.3) is 10.0 Å². The van der Waals surface area contributed by atoms with Crippen LogP contribution in [-0.2, 0) is 33.2 Å². The van der Waals surface area contributed by atoms with Crippen molar-refractivity contribution in [2.24, 2.45) is 0 Å². The number of carbonyl (C=O) groups is 1. The zero-order valence-corrected chi connectivity index (χ0v) is 21.2. The van der Waals surface area contributed by atoms with Gasteiger partial charge in [-0.1, -0.05) is 25.0 Å². The maximum absolute atomic E-state index is 14.4.